The van der Waals surface area contributed by atoms with Gasteiger partial charge in [-0.25, -0.2) is 13.9 Å². The van der Waals surface area contributed by atoms with Crippen LogP contribution in [0.25, 0.3) is 5.65 Å². The van der Waals surface area contributed by atoms with Crippen molar-refractivity contribution in [2.45, 2.75) is 57.0 Å². The molecule has 3 N–H and O–H groups in total. The highest BCUT2D eigenvalue weighted by Crippen LogP contribution is 2.31. The van der Waals surface area contributed by atoms with E-state index in [1.54, 1.807) is 0 Å². The lowest BCUT2D eigenvalue weighted by atomic mass is 9.84. The highest BCUT2D eigenvalue weighted by atomic mass is 19.1. The molecule has 192 valence electrons. The molecule has 2 saturated carbocycles. The Morgan fingerprint density at radius 1 is 1.11 bits per heavy atom. The molecule has 0 unspecified atom stereocenters. The third kappa shape index (κ3) is 5.97. The van der Waals surface area contributed by atoms with Crippen molar-refractivity contribution in [2.24, 2.45) is 5.92 Å². The Bertz CT molecular complexity index is 1340. The fourth-order valence-corrected chi connectivity index (χ4v) is 4.55. The highest BCUT2D eigenvalue weighted by Gasteiger charge is 2.27. The number of rotatable bonds is 9. The van der Waals surface area contributed by atoms with E-state index in [1.165, 1.54) is 23.0 Å². The van der Waals surface area contributed by atoms with E-state index in [4.69, 9.17) is 11.2 Å². The van der Waals surface area contributed by atoms with Gasteiger partial charge in [-0.1, -0.05) is 5.92 Å². The van der Waals surface area contributed by atoms with Crippen LogP contribution in [0.2, 0.25) is 0 Å². The van der Waals surface area contributed by atoms with Crippen LogP contribution in [0.3, 0.4) is 0 Å². The summed E-state index contributed by atoms with van der Waals surface area (Å²) < 4.78 is 20.5. The van der Waals surface area contributed by atoms with Gasteiger partial charge in [0, 0.05) is 30.8 Å². The Balaban J connectivity index is 1.31. The zero-order chi connectivity index (χ0) is 25.8. The summed E-state index contributed by atoms with van der Waals surface area (Å²) in [7, 11) is 0. The maximum absolute atomic E-state index is 14.0. The Hall–Kier alpha value is -4.20. The van der Waals surface area contributed by atoms with Crippen LogP contribution >= 0.6 is 0 Å². The van der Waals surface area contributed by atoms with E-state index in [0.717, 1.165) is 50.4 Å². The molecule has 0 spiro atoms. The van der Waals surface area contributed by atoms with Gasteiger partial charge in [-0.3, -0.25) is 14.6 Å². The van der Waals surface area contributed by atoms with Crippen molar-refractivity contribution < 1.29 is 18.7 Å². The normalized spacial score (nSPS) is 19.1. The number of aromatic nitrogens is 4. The number of terminal acetylenes is 1. The number of esters is 1. The number of amides is 1. The first-order chi connectivity index (χ1) is 18.0. The van der Waals surface area contributed by atoms with Gasteiger partial charge < -0.3 is 20.7 Å². The van der Waals surface area contributed by atoms with Gasteiger partial charge in [0.2, 0.25) is 0 Å². The highest BCUT2D eigenvalue weighted by molar-refractivity contribution is 6.03. The van der Waals surface area contributed by atoms with E-state index in [2.05, 4.69) is 36.9 Å². The van der Waals surface area contributed by atoms with Gasteiger partial charge in [0.1, 0.15) is 5.82 Å². The SMILES string of the molecule is C#CCOC(=O)CC1CCC(Nc2cc(NC3CC3)c3ncc(C(=O)Nc4ccncc4F)n3n2)CC1. The average molecular weight is 506 g/mol. The predicted molar refractivity (Wildman–Crippen MR) is 136 cm³/mol. The van der Waals surface area contributed by atoms with Crippen LogP contribution in [0.4, 0.5) is 21.6 Å². The maximum atomic E-state index is 14.0. The molecular formula is C26H28FN7O3. The molecule has 3 heterocycles. The molecule has 10 nitrogen and oxygen atoms in total. The number of nitrogens with one attached hydrogen (secondary N) is 3. The van der Waals surface area contributed by atoms with E-state index in [9.17, 15) is 14.0 Å². The summed E-state index contributed by atoms with van der Waals surface area (Å²) in [5, 5.41) is 14.2. The first kappa shape index (κ1) is 24.5. The smallest absolute Gasteiger partial charge is 0.307 e. The Morgan fingerprint density at radius 3 is 2.59 bits per heavy atom. The Labute approximate surface area is 213 Å². The molecule has 3 aromatic rings. The van der Waals surface area contributed by atoms with Crippen LogP contribution in [0, 0.1) is 24.1 Å². The molecule has 0 aliphatic heterocycles. The first-order valence-electron chi connectivity index (χ1n) is 12.4. The molecule has 5 rings (SSSR count). The van der Waals surface area contributed by atoms with Crippen molar-refractivity contribution in [1.29, 1.82) is 0 Å². The quantitative estimate of drug-likeness (QED) is 0.298. The lowest BCUT2D eigenvalue weighted by Gasteiger charge is -2.29. The van der Waals surface area contributed by atoms with E-state index >= 15 is 0 Å². The molecule has 11 heteroatoms. The van der Waals surface area contributed by atoms with Gasteiger partial charge in [-0.2, -0.15) is 0 Å². The molecule has 1 amide bonds. The summed E-state index contributed by atoms with van der Waals surface area (Å²) in [6, 6.07) is 3.84. The number of hydrogen-bond donors (Lipinski definition) is 3. The maximum Gasteiger partial charge on any atom is 0.307 e. The monoisotopic (exact) mass is 505 g/mol. The summed E-state index contributed by atoms with van der Waals surface area (Å²) in [6.45, 7) is 0.00681. The van der Waals surface area contributed by atoms with Gasteiger partial charge in [0.25, 0.3) is 5.91 Å². The van der Waals surface area contributed by atoms with Gasteiger partial charge in [-0.15, -0.1) is 11.5 Å². The molecule has 0 bridgehead atoms. The second-order valence-corrected chi connectivity index (χ2v) is 9.48. The minimum Gasteiger partial charge on any atom is -0.452 e. The number of carbonyl (C=O) groups excluding carboxylic acids is 2. The molecule has 0 saturated heterocycles. The molecule has 2 aliphatic rings. The van der Waals surface area contributed by atoms with E-state index in [-0.39, 0.29) is 35.9 Å². The second kappa shape index (κ2) is 10.8. The zero-order valence-corrected chi connectivity index (χ0v) is 20.2. The van der Waals surface area contributed by atoms with Crippen molar-refractivity contribution in [3.05, 3.63) is 42.2 Å². The molecule has 3 aromatic heterocycles. The molecular weight excluding hydrogens is 477 g/mol. The number of fused-ring (bicyclic) bond motifs is 1. The first-order valence-corrected chi connectivity index (χ1v) is 12.4. The average Bonchev–Trinajstić information content (AvgIpc) is 3.60. The van der Waals surface area contributed by atoms with Gasteiger partial charge in [-0.05, 0) is 50.5 Å². The van der Waals surface area contributed by atoms with Crippen LogP contribution < -0.4 is 16.0 Å². The van der Waals surface area contributed by atoms with Crippen LogP contribution in [0.5, 0.6) is 0 Å². The molecule has 0 aromatic carbocycles. The molecule has 2 aliphatic carbocycles. The van der Waals surface area contributed by atoms with Crippen molar-refractivity contribution >= 4 is 34.7 Å². The number of pyridine rings is 1. The summed E-state index contributed by atoms with van der Waals surface area (Å²) in [5.41, 5.74) is 1.51. The number of carbonyl (C=O) groups is 2. The fraction of sp³-hybridized carbons (Fsp3) is 0.423. The molecule has 0 atom stereocenters. The standard InChI is InChI=1S/C26H28FN7O3/c1-2-11-37-24(35)12-16-3-5-18(6-4-16)31-23-13-21(30-17-7-8-17)25-29-15-22(34(25)33-23)26(36)32-20-9-10-28-14-19(20)27/h1,9-10,13-18,30H,3-8,11-12H2,(H,31,33)(H,28,32,36). The minimum absolute atomic E-state index is 0.00681. The topological polar surface area (TPSA) is 123 Å². The molecule has 37 heavy (non-hydrogen) atoms. The van der Waals surface area contributed by atoms with Gasteiger partial charge in [0.05, 0.1) is 23.8 Å². The van der Waals surface area contributed by atoms with Crippen molar-refractivity contribution in [1.82, 2.24) is 19.6 Å². The lowest BCUT2D eigenvalue weighted by Crippen LogP contribution is -2.28. The minimum atomic E-state index is -0.629. The summed E-state index contributed by atoms with van der Waals surface area (Å²) in [6.07, 6.45) is 15.0. The largest absolute Gasteiger partial charge is 0.452 e. The van der Waals surface area contributed by atoms with Crippen LogP contribution in [0.1, 0.15) is 55.4 Å². The van der Waals surface area contributed by atoms with Crippen molar-refractivity contribution in [3.63, 3.8) is 0 Å². The number of nitrogens with zero attached hydrogens (tertiary/aromatic N) is 4. The van der Waals surface area contributed by atoms with Gasteiger partial charge in [0.15, 0.2) is 23.8 Å². The number of hydrogen-bond acceptors (Lipinski definition) is 8. The molecule has 2 fully saturated rings. The van der Waals surface area contributed by atoms with E-state index < -0.39 is 11.7 Å². The number of halogens is 1. The zero-order valence-electron chi connectivity index (χ0n) is 20.2. The lowest BCUT2D eigenvalue weighted by molar-refractivity contribution is -0.143. The van der Waals surface area contributed by atoms with Crippen molar-refractivity contribution in [3.8, 4) is 12.3 Å². The van der Waals surface area contributed by atoms with E-state index in [0.29, 0.717) is 23.9 Å². The van der Waals surface area contributed by atoms with Crippen LogP contribution in [-0.2, 0) is 9.53 Å². The van der Waals surface area contributed by atoms with Crippen LogP contribution in [0.15, 0.2) is 30.7 Å². The summed E-state index contributed by atoms with van der Waals surface area (Å²) in [5.74, 6) is 1.77. The third-order valence-electron chi connectivity index (χ3n) is 6.63. The number of anilines is 3. The van der Waals surface area contributed by atoms with Crippen LogP contribution in [-0.4, -0.2) is 50.1 Å². The summed E-state index contributed by atoms with van der Waals surface area (Å²) >= 11 is 0. The Morgan fingerprint density at radius 2 is 1.86 bits per heavy atom. The van der Waals surface area contributed by atoms with Gasteiger partial charge >= 0.3 is 5.97 Å². The Kier molecular flexibility index (Phi) is 7.16. The molecule has 0 radical (unpaired) electrons. The third-order valence-corrected chi connectivity index (χ3v) is 6.63. The van der Waals surface area contributed by atoms with E-state index in [1.807, 2.05) is 6.07 Å². The second-order valence-electron chi connectivity index (χ2n) is 9.48. The number of ether oxygens (including phenoxy) is 1. The predicted octanol–water partition coefficient (Wildman–Crippen LogP) is 3.63. The number of imidazole rings is 1. The summed E-state index contributed by atoms with van der Waals surface area (Å²) in [4.78, 5) is 33.0. The fourth-order valence-electron chi connectivity index (χ4n) is 4.55. The van der Waals surface area contributed by atoms with Crippen molar-refractivity contribution in [2.75, 3.05) is 22.6 Å².